The second-order valence-electron chi connectivity index (χ2n) is 6.43. The van der Waals surface area contributed by atoms with Crippen LogP contribution in [0.4, 0.5) is 5.69 Å². The standard InChI is InChI=1S/C20H16BrN5O3S/c1-11(27)23-13-6-7-14-12(8-18(28)29-17(14)9-13)10-30-20-25-24-19(26(20)22)15-4-2-3-5-16(15)21/h2-9H,10,22H2,1H3,(H,23,27). The number of carbonyl (C=O) groups is 1. The molecule has 3 N–H and O–H groups in total. The summed E-state index contributed by atoms with van der Waals surface area (Å²) in [5, 5.41) is 12.3. The Hall–Kier alpha value is -3.11. The van der Waals surface area contributed by atoms with Gasteiger partial charge in [0.15, 0.2) is 5.82 Å². The third-order valence-corrected chi connectivity index (χ3v) is 5.97. The van der Waals surface area contributed by atoms with Crippen LogP contribution in [0.1, 0.15) is 12.5 Å². The van der Waals surface area contributed by atoms with Crippen molar-refractivity contribution in [3.05, 3.63) is 69.0 Å². The van der Waals surface area contributed by atoms with Gasteiger partial charge in [-0.1, -0.05) is 39.8 Å². The van der Waals surface area contributed by atoms with Gasteiger partial charge in [0.1, 0.15) is 5.58 Å². The van der Waals surface area contributed by atoms with Crippen LogP contribution in [0.5, 0.6) is 0 Å². The average Bonchev–Trinajstić information content (AvgIpc) is 3.06. The fourth-order valence-corrected chi connectivity index (χ4v) is 4.28. The first-order valence-corrected chi connectivity index (χ1v) is 10.6. The van der Waals surface area contributed by atoms with Gasteiger partial charge in [0, 0.05) is 45.9 Å². The molecule has 0 aliphatic rings. The maximum atomic E-state index is 12.0. The molecular weight excluding hydrogens is 470 g/mol. The first kappa shape index (κ1) is 20.2. The minimum absolute atomic E-state index is 0.202. The van der Waals surface area contributed by atoms with Gasteiger partial charge in [-0.05, 0) is 29.8 Å². The maximum absolute atomic E-state index is 12.0. The fourth-order valence-electron chi connectivity index (χ4n) is 2.97. The number of nitrogens with one attached hydrogen (secondary N) is 1. The highest BCUT2D eigenvalue weighted by atomic mass is 79.9. The first-order chi connectivity index (χ1) is 14.4. The molecule has 10 heteroatoms. The molecule has 152 valence electrons. The molecule has 4 rings (SSSR count). The summed E-state index contributed by atoms with van der Waals surface area (Å²) in [4.78, 5) is 23.3. The minimum atomic E-state index is -0.471. The molecule has 0 saturated carbocycles. The molecule has 0 aliphatic heterocycles. The molecular formula is C20H16BrN5O3S. The number of nitrogen functional groups attached to an aromatic ring is 1. The van der Waals surface area contributed by atoms with Gasteiger partial charge in [-0.15, -0.1) is 10.2 Å². The number of nitrogens with zero attached hydrogens (tertiary/aromatic N) is 3. The zero-order valence-corrected chi connectivity index (χ0v) is 18.2. The molecule has 4 aromatic rings. The molecule has 2 aromatic heterocycles. The number of halogens is 1. The highest BCUT2D eigenvalue weighted by Gasteiger charge is 2.15. The summed E-state index contributed by atoms with van der Waals surface area (Å²) >= 11 is 4.85. The van der Waals surface area contributed by atoms with Crippen molar-refractivity contribution in [3.63, 3.8) is 0 Å². The van der Waals surface area contributed by atoms with Crippen LogP contribution >= 0.6 is 27.7 Å². The van der Waals surface area contributed by atoms with Crippen molar-refractivity contribution in [2.24, 2.45) is 0 Å². The molecule has 0 fully saturated rings. The van der Waals surface area contributed by atoms with Crippen LogP contribution in [0.3, 0.4) is 0 Å². The maximum Gasteiger partial charge on any atom is 0.336 e. The van der Waals surface area contributed by atoms with Crippen LogP contribution in [0, 0.1) is 0 Å². The number of carbonyl (C=O) groups excluding carboxylic acids is 1. The molecule has 2 heterocycles. The number of hydrogen-bond acceptors (Lipinski definition) is 7. The van der Waals surface area contributed by atoms with E-state index in [-0.39, 0.29) is 5.91 Å². The van der Waals surface area contributed by atoms with E-state index >= 15 is 0 Å². The van der Waals surface area contributed by atoms with Crippen LogP contribution < -0.4 is 16.8 Å². The van der Waals surface area contributed by atoms with E-state index in [0.29, 0.717) is 28.0 Å². The molecule has 0 aliphatic carbocycles. The summed E-state index contributed by atoms with van der Waals surface area (Å²) in [6, 6.07) is 14.2. The Morgan fingerprint density at radius 2 is 2.03 bits per heavy atom. The number of thioether (sulfide) groups is 1. The predicted octanol–water partition coefficient (Wildman–Crippen LogP) is 3.78. The summed E-state index contributed by atoms with van der Waals surface area (Å²) in [7, 11) is 0. The lowest BCUT2D eigenvalue weighted by Gasteiger charge is -2.08. The third kappa shape index (κ3) is 4.10. The molecule has 0 saturated heterocycles. The van der Waals surface area contributed by atoms with Gasteiger partial charge >= 0.3 is 5.63 Å². The second kappa shape index (κ2) is 8.33. The van der Waals surface area contributed by atoms with Crippen molar-refractivity contribution in [1.82, 2.24) is 14.9 Å². The molecule has 0 radical (unpaired) electrons. The highest BCUT2D eigenvalue weighted by molar-refractivity contribution is 9.10. The molecule has 1 amide bonds. The smallest absolute Gasteiger partial charge is 0.336 e. The van der Waals surface area contributed by atoms with E-state index in [1.165, 1.54) is 29.4 Å². The van der Waals surface area contributed by atoms with Crippen LogP contribution in [0.15, 0.2) is 67.4 Å². The van der Waals surface area contributed by atoms with Gasteiger partial charge in [0.2, 0.25) is 11.1 Å². The molecule has 0 spiro atoms. The van der Waals surface area contributed by atoms with Crippen molar-refractivity contribution < 1.29 is 9.21 Å². The van der Waals surface area contributed by atoms with E-state index in [4.69, 9.17) is 10.3 Å². The number of nitrogens with two attached hydrogens (primary N) is 1. The first-order valence-electron chi connectivity index (χ1n) is 8.85. The Balaban J connectivity index is 1.62. The van der Waals surface area contributed by atoms with E-state index < -0.39 is 5.63 Å². The van der Waals surface area contributed by atoms with Gasteiger partial charge in [0.05, 0.1) is 0 Å². The molecule has 0 bridgehead atoms. The van der Waals surface area contributed by atoms with E-state index in [2.05, 4.69) is 31.4 Å². The predicted molar refractivity (Wildman–Crippen MR) is 120 cm³/mol. The number of aromatic nitrogens is 3. The van der Waals surface area contributed by atoms with E-state index in [9.17, 15) is 9.59 Å². The molecule has 8 nitrogen and oxygen atoms in total. The normalized spacial score (nSPS) is 11.0. The summed E-state index contributed by atoms with van der Waals surface area (Å²) in [6.07, 6.45) is 0. The summed E-state index contributed by atoms with van der Waals surface area (Å²) in [6.45, 7) is 1.42. The van der Waals surface area contributed by atoms with Crippen LogP contribution in [-0.2, 0) is 10.5 Å². The average molecular weight is 486 g/mol. The summed E-state index contributed by atoms with van der Waals surface area (Å²) in [5.41, 5.74) is 2.08. The van der Waals surface area contributed by atoms with E-state index in [1.807, 2.05) is 24.3 Å². The van der Waals surface area contributed by atoms with Crippen molar-refractivity contribution in [2.75, 3.05) is 11.2 Å². The Morgan fingerprint density at radius 3 is 2.80 bits per heavy atom. The monoisotopic (exact) mass is 485 g/mol. The highest BCUT2D eigenvalue weighted by Crippen LogP contribution is 2.30. The lowest BCUT2D eigenvalue weighted by molar-refractivity contribution is -0.114. The lowest BCUT2D eigenvalue weighted by Crippen LogP contribution is -2.12. The Morgan fingerprint density at radius 1 is 1.23 bits per heavy atom. The Labute approximate surface area is 183 Å². The van der Waals surface area contributed by atoms with Crippen molar-refractivity contribution in [1.29, 1.82) is 0 Å². The number of benzene rings is 2. The second-order valence-corrected chi connectivity index (χ2v) is 8.22. The third-order valence-electron chi connectivity index (χ3n) is 4.29. The number of fused-ring (bicyclic) bond motifs is 1. The van der Waals surface area contributed by atoms with E-state index in [1.54, 1.807) is 18.2 Å². The van der Waals surface area contributed by atoms with Crippen molar-refractivity contribution in [3.8, 4) is 11.4 Å². The van der Waals surface area contributed by atoms with Crippen molar-refractivity contribution >= 4 is 50.3 Å². The zero-order chi connectivity index (χ0) is 21.3. The van der Waals surface area contributed by atoms with E-state index in [0.717, 1.165) is 21.0 Å². The quantitative estimate of drug-likeness (QED) is 0.251. The van der Waals surface area contributed by atoms with Gasteiger partial charge in [0.25, 0.3) is 0 Å². The molecule has 0 unspecified atom stereocenters. The Bertz CT molecular complexity index is 1320. The molecule has 30 heavy (non-hydrogen) atoms. The van der Waals surface area contributed by atoms with Gasteiger partial charge < -0.3 is 15.6 Å². The largest absolute Gasteiger partial charge is 0.423 e. The minimum Gasteiger partial charge on any atom is -0.423 e. The van der Waals surface area contributed by atoms with Crippen LogP contribution in [0.2, 0.25) is 0 Å². The van der Waals surface area contributed by atoms with Gasteiger partial charge in [-0.25, -0.2) is 9.47 Å². The Kier molecular flexibility index (Phi) is 5.60. The molecule has 0 atom stereocenters. The number of amides is 1. The summed E-state index contributed by atoms with van der Waals surface area (Å²) in [5.74, 6) is 6.97. The topological polar surface area (TPSA) is 116 Å². The van der Waals surface area contributed by atoms with Crippen LogP contribution in [0.25, 0.3) is 22.4 Å². The van der Waals surface area contributed by atoms with Gasteiger partial charge in [-0.3, -0.25) is 4.79 Å². The number of anilines is 1. The number of hydrogen-bond donors (Lipinski definition) is 2. The van der Waals surface area contributed by atoms with Crippen molar-refractivity contribution in [2.45, 2.75) is 17.8 Å². The van der Waals surface area contributed by atoms with Gasteiger partial charge in [-0.2, -0.15) is 0 Å². The fraction of sp³-hybridized carbons (Fsp3) is 0.100. The SMILES string of the molecule is CC(=O)Nc1ccc2c(CSc3nnc(-c4ccccc4Br)n3N)cc(=O)oc2c1. The van der Waals surface area contributed by atoms with Crippen LogP contribution in [-0.4, -0.2) is 20.8 Å². The molecule has 2 aromatic carbocycles. The number of rotatable bonds is 5. The summed E-state index contributed by atoms with van der Waals surface area (Å²) < 4.78 is 7.58. The zero-order valence-electron chi connectivity index (χ0n) is 15.8. The lowest BCUT2D eigenvalue weighted by atomic mass is 10.1.